The van der Waals surface area contributed by atoms with Crippen LogP contribution in [0.1, 0.15) is 29.9 Å². The van der Waals surface area contributed by atoms with Crippen LogP contribution in [0, 0.1) is 18.7 Å². The van der Waals surface area contributed by atoms with Crippen LogP contribution in [-0.4, -0.2) is 44.0 Å². The Balaban J connectivity index is 1.44. The first-order valence-corrected chi connectivity index (χ1v) is 12.6. The van der Waals surface area contributed by atoms with Crippen molar-refractivity contribution in [1.82, 2.24) is 9.46 Å². The fourth-order valence-corrected chi connectivity index (χ4v) is 5.70. The van der Waals surface area contributed by atoms with Gasteiger partial charge in [-0.3, -0.25) is 4.79 Å². The largest absolute Gasteiger partial charge is 0.497 e. The van der Waals surface area contributed by atoms with E-state index in [0.717, 1.165) is 0 Å². The van der Waals surface area contributed by atoms with Gasteiger partial charge in [0.05, 0.1) is 7.11 Å². The van der Waals surface area contributed by atoms with Gasteiger partial charge in [0.25, 0.3) is 0 Å². The van der Waals surface area contributed by atoms with E-state index < -0.39 is 15.8 Å². The molecule has 1 fully saturated rings. The third-order valence-corrected chi connectivity index (χ3v) is 7.99. The Morgan fingerprint density at radius 1 is 1.14 bits per heavy atom. The van der Waals surface area contributed by atoms with Crippen LogP contribution in [0.25, 0.3) is 12.2 Å². The average Bonchev–Trinajstić information content (AvgIpc) is 3.25. The summed E-state index contributed by atoms with van der Waals surface area (Å²) in [6, 6.07) is 13.2. The van der Waals surface area contributed by atoms with Crippen LogP contribution < -0.4 is 10.1 Å². The lowest BCUT2D eigenvalue weighted by Crippen LogP contribution is -2.41. The summed E-state index contributed by atoms with van der Waals surface area (Å²) in [5.74, 6) is -0.174. The Morgan fingerprint density at radius 3 is 2.49 bits per heavy atom. The zero-order valence-corrected chi connectivity index (χ0v) is 20.2. The molecule has 0 bridgehead atoms. The summed E-state index contributed by atoms with van der Waals surface area (Å²) in [5.41, 5.74) is 1.17. The molecule has 4 rings (SSSR count). The van der Waals surface area contributed by atoms with E-state index in [9.17, 15) is 17.6 Å². The molecule has 1 amide bonds. The molecule has 2 heterocycles. The van der Waals surface area contributed by atoms with Gasteiger partial charge >= 0.3 is 0 Å². The van der Waals surface area contributed by atoms with Crippen molar-refractivity contribution in [2.45, 2.75) is 24.7 Å². The Labute approximate surface area is 203 Å². The number of nitrogens with one attached hydrogen (secondary N) is 1. The summed E-state index contributed by atoms with van der Waals surface area (Å²) in [5, 5.41) is 6.69. The van der Waals surface area contributed by atoms with Gasteiger partial charge in [-0.15, -0.1) is 0 Å². The van der Waals surface area contributed by atoms with Gasteiger partial charge < -0.3 is 14.6 Å². The molecule has 0 aliphatic carbocycles. The molecule has 2 aromatic carbocycles. The smallest absolute Gasteiger partial charge is 0.248 e. The van der Waals surface area contributed by atoms with Crippen molar-refractivity contribution in [3.05, 3.63) is 71.4 Å². The molecule has 1 aliphatic rings. The molecule has 184 valence electrons. The van der Waals surface area contributed by atoms with Crippen molar-refractivity contribution in [1.29, 1.82) is 0 Å². The molecule has 1 saturated heterocycles. The Morgan fingerprint density at radius 2 is 1.83 bits per heavy atom. The Hall–Kier alpha value is -3.50. The first-order chi connectivity index (χ1) is 16.8. The number of anilines is 1. The fraction of sp³-hybridized carbons (Fsp3) is 0.280. The number of amides is 1. The van der Waals surface area contributed by atoms with E-state index >= 15 is 0 Å². The second-order valence-corrected chi connectivity index (χ2v) is 10.1. The zero-order valence-electron chi connectivity index (χ0n) is 19.4. The number of carbonyl (C=O) groups is 1. The standard InChI is InChI=1S/C25H26FN3O5S/c1-17-24(23(34-28-17)12-7-18-5-3-4-6-22(18)26)35(31,32)29-15-13-19(14-16-29)25(30)27-20-8-10-21(33-2)11-9-20/h3-12,19H,13-16H2,1-2H3,(H,27,30)/b12-7+. The van der Waals surface area contributed by atoms with Gasteiger partial charge in [-0.2, -0.15) is 4.31 Å². The van der Waals surface area contributed by atoms with Crippen LogP contribution >= 0.6 is 0 Å². The normalized spacial score (nSPS) is 15.4. The first-order valence-electron chi connectivity index (χ1n) is 11.1. The molecule has 0 radical (unpaired) electrons. The predicted octanol–water partition coefficient (Wildman–Crippen LogP) is 4.34. The van der Waals surface area contributed by atoms with E-state index in [-0.39, 0.29) is 41.3 Å². The number of methoxy groups -OCH3 is 1. The number of benzene rings is 2. The van der Waals surface area contributed by atoms with Crippen molar-refractivity contribution < 1.29 is 26.9 Å². The molecule has 1 aromatic heterocycles. The van der Waals surface area contributed by atoms with E-state index in [4.69, 9.17) is 9.26 Å². The second kappa shape index (κ2) is 10.4. The van der Waals surface area contributed by atoms with Crippen molar-refractivity contribution in [2.24, 2.45) is 5.92 Å². The number of rotatable bonds is 7. The number of aryl methyl sites for hydroxylation is 1. The van der Waals surface area contributed by atoms with Crippen LogP contribution in [0.15, 0.2) is 57.9 Å². The lowest BCUT2D eigenvalue weighted by atomic mass is 9.97. The Bertz CT molecular complexity index is 1330. The van der Waals surface area contributed by atoms with Crippen molar-refractivity contribution >= 4 is 33.8 Å². The molecule has 10 heteroatoms. The number of hydrogen-bond acceptors (Lipinski definition) is 6. The topological polar surface area (TPSA) is 102 Å². The highest BCUT2D eigenvalue weighted by Crippen LogP contribution is 2.30. The number of halogens is 1. The number of carbonyl (C=O) groups excluding carboxylic acids is 1. The average molecular weight is 500 g/mol. The second-order valence-electron chi connectivity index (χ2n) is 8.21. The summed E-state index contributed by atoms with van der Waals surface area (Å²) in [6.45, 7) is 1.92. The minimum atomic E-state index is -3.92. The van der Waals surface area contributed by atoms with Crippen LogP contribution in [-0.2, 0) is 14.8 Å². The molecule has 0 unspecified atom stereocenters. The molecule has 3 aromatic rings. The predicted molar refractivity (Wildman–Crippen MR) is 130 cm³/mol. The van der Waals surface area contributed by atoms with E-state index in [1.165, 1.54) is 22.5 Å². The zero-order chi connectivity index (χ0) is 25.0. The highest BCUT2D eigenvalue weighted by molar-refractivity contribution is 7.89. The van der Waals surface area contributed by atoms with Crippen molar-refractivity contribution in [3.8, 4) is 5.75 Å². The maximum absolute atomic E-state index is 13.9. The molecule has 0 spiro atoms. The molecule has 0 saturated carbocycles. The van der Waals surface area contributed by atoms with Crippen LogP contribution in [0.2, 0.25) is 0 Å². The minimum absolute atomic E-state index is 0.0325. The van der Waals surface area contributed by atoms with Gasteiger partial charge in [-0.1, -0.05) is 23.4 Å². The number of hydrogen-bond donors (Lipinski definition) is 1. The number of ether oxygens (including phenoxy) is 1. The molecule has 8 nitrogen and oxygen atoms in total. The van der Waals surface area contributed by atoms with Crippen LogP contribution in [0.4, 0.5) is 10.1 Å². The van der Waals surface area contributed by atoms with Gasteiger partial charge in [0, 0.05) is 30.3 Å². The molecule has 1 N–H and O–H groups in total. The SMILES string of the molecule is COc1ccc(NC(=O)C2CCN(S(=O)(=O)c3c(C)noc3/C=C/c3ccccc3F)CC2)cc1. The monoisotopic (exact) mass is 499 g/mol. The lowest BCUT2D eigenvalue weighted by Gasteiger charge is -2.30. The fourth-order valence-electron chi connectivity index (χ4n) is 3.98. The lowest BCUT2D eigenvalue weighted by molar-refractivity contribution is -0.120. The molecular formula is C25H26FN3O5S. The van der Waals surface area contributed by atoms with Crippen LogP contribution in [0.5, 0.6) is 5.75 Å². The van der Waals surface area contributed by atoms with E-state index in [1.54, 1.807) is 56.5 Å². The molecule has 1 aliphatic heterocycles. The van der Waals surface area contributed by atoms with Gasteiger partial charge in [-0.25, -0.2) is 12.8 Å². The van der Waals surface area contributed by atoms with Gasteiger partial charge in [0.2, 0.25) is 15.9 Å². The van der Waals surface area contributed by atoms with Gasteiger partial charge in [-0.05, 0) is 62.2 Å². The first kappa shape index (κ1) is 24.6. The third-order valence-electron chi connectivity index (χ3n) is 5.93. The quantitative estimate of drug-likeness (QED) is 0.519. The highest BCUT2D eigenvalue weighted by atomic mass is 32.2. The number of sulfonamides is 1. The summed E-state index contributed by atoms with van der Waals surface area (Å²) in [6.07, 6.45) is 3.61. The van der Waals surface area contributed by atoms with Crippen LogP contribution in [0.3, 0.4) is 0 Å². The number of nitrogens with zero attached hydrogens (tertiary/aromatic N) is 2. The van der Waals surface area contributed by atoms with Crippen molar-refractivity contribution in [3.63, 3.8) is 0 Å². The molecular weight excluding hydrogens is 473 g/mol. The summed E-state index contributed by atoms with van der Waals surface area (Å²) in [7, 11) is -2.36. The summed E-state index contributed by atoms with van der Waals surface area (Å²) < 4.78 is 52.4. The molecule has 35 heavy (non-hydrogen) atoms. The van der Waals surface area contributed by atoms with Crippen molar-refractivity contribution in [2.75, 3.05) is 25.5 Å². The maximum Gasteiger partial charge on any atom is 0.248 e. The van der Waals surface area contributed by atoms with E-state index in [2.05, 4.69) is 10.5 Å². The van der Waals surface area contributed by atoms with Gasteiger partial charge in [0.1, 0.15) is 17.3 Å². The summed E-state index contributed by atoms with van der Waals surface area (Å²) >= 11 is 0. The maximum atomic E-state index is 13.9. The summed E-state index contributed by atoms with van der Waals surface area (Å²) in [4.78, 5) is 12.6. The van der Waals surface area contributed by atoms with E-state index in [0.29, 0.717) is 29.8 Å². The molecule has 0 atom stereocenters. The number of aromatic nitrogens is 1. The van der Waals surface area contributed by atoms with Gasteiger partial charge in [0.15, 0.2) is 10.7 Å². The number of piperidine rings is 1. The minimum Gasteiger partial charge on any atom is -0.497 e. The highest BCUT2D eigenvalue weighted by Gasteiger charge is 2.36. The Kier molecular flexibility index (Phi) is 7.32. The third kappa shape index (κ3) is 5.44. The van der Waals surface area contributed by atoms with E-state index in [1.807, 2.05) is 0 Å².